The Kier molecular flexibility index (Phi) is 1.07. The molecule has 5 atom stereocenters. The highest BCUT2D eigenvalue weighted by atomic mass is 16.5. The largest absolute Gasteiger partial charge is 0.387 e. The van der Waals surface area contributed by atoms with Crippen LogP contribution in [0.5, 0.6) is 0 Å². The molecule has 1 saturated heterocycles. The number of rotatable bonds is 0. The SMILES string of the molecule is B[C@H]1C[C@@]2(O)CC3C[C@]3(O)C2O1. The zero-order valence-electron chi connectivity index (χ0n) is 7.16. The van der Waals surface area contributed by atoms with E-state index in [0.717, 1.165) is 12.8 Å². The summed E-state index contributed by atoms with van der Waals surface area (Å²) in [6.07, 6.45) is 1.95. The Morgan fingerprint density at radius 2 is 2.00 bits per heavy atom. The first-order valence-electron chi connectivity index (χ1n) is 4.65. The summed E-state index contributed by atoms with van der Waals surface area (Å²) in [5.74, 6) is 0.306. The maximum Gasteiger partial charge on any atom is 0.139 e. The molecule has 0 aromatic rings. The number of hydrogen-bond donors (Lipinski definition) is 2. The lowest BCUT2D eigenvalue weighted by atomic mass is 9.86. The van der Waals surface area contributed by atoms with Gasteiger partial charge < -0.3 is 14.9 Å². The van der Waals surface area contributed by atoms with Gasteiger partial charge in [0.15, 0.2) is 0 Å². The van der Waals surface area contributed by atoms with E-state index < -0.39 is 11.2 Å². The van der Waals surface area contributed by atoms with Gasteiger partial charge in [-0.05, 0) is 25.2 Å². The minimum absolute atomic E-state index is 0.102. The van der Waals surface area contributed by atoms with Gasteiger partial charge in [-0.3, -0.25) is 0 Å². The van der Waals surface area contributed by atoms with E-state index in [1.165, 1.54) is 0 Å². The lowest BCUT2D eigenvalue weighted by Gasteiger charge is -2.25. The smallest absolute Gasteiger partial charge is 0.139 e. The maximum atomic E-state index is 10.1. The molecule has 2 aliphatic carbocycles. The van der Waals surface area contributed by atoms with Crippen molar-refractivity contribution in [3.05, 3.63) is 0 Å². The summed E-state index contributed by atoms with van der Waals surface area (Å²) in [6.45, 7) is 0. The van der Waals surface area contributed by atoms with Crippen LogP contribution in [0.15, 0.2) is 0 Å². The Labute approximate surface area is 72.1 Å². The molecule has 0 radical (unpaired) electrons. The number of aliphatic hydroxyl groups is 2. The van der Waals surface area contributed by atoms with Crippen LogP contribution in [0, 0.1) is 5.92 Å². The second-order valence-corrected chi connectivity index (χ2v) is 4.73. The Morgan fingerprint density at radius 1 is 1.25 bits per heavy atom. The van der Waals surface area contributed by atoms with Crippen LogP contribution in [-0.4, -0.2) is 41.4 Å². The lowest BCUT2D eigenvalue weighted by Crippen LogP contribution is -2.41. The molecule has 2 saturated carbocycles. The van der Waals surface area contributed by atoms with Crippen LogP contribution in [-0.2, 0) is 4.74 Å². The molecule has 2 unspecified atom stereocenters. The van der Waals surface area contributed by atoms with Crippen molar-refractivity contribution in [3.63, 3.8) is 0 Å². The maximum absolute atomic E-state index is 10.1. The van der Waals surface area contributed by atoms with Crippen LogP contribution in [0.2, 0.25) is 0 Å². The third-order valence-electron chi connectivity index (χ3n) is 3.67. The van der Waals surface area contributed by atoms with Crippen LogP contribution in [0.3, 0.4) is 0 Å². The fourth-order valence-corrected chi connectivity index (χ4v) is 3.12. The van der Waals surface area contributed by atoms with Crippen LogP contribution in [0.1, 0.15) is 19.3 Å². The third kappa shape index (κ3) is 0.652. The molecule has 0 spiro atoms. The molecule has 66 valence electrons. The van der Waals surface area contributed by atoms with Crippen LogP contribution in [0.25, 0.3) is 0 Å². The molecule has 3 rings (SSSR count). The van der Waals surface area contributed by atoms with Gasteiger partial charge in [0.25, 0.3) is 0 Å². The van der Waals surface area contributed by atoms with Gasteiger partial charge in [-0.25, -0.2) is 0 Å². The average molecular weight is 168 g/mol. The molecule has 3 fully saturated rings. The minimum atomic E-state index is -0.711. The fourth-order valence-electron chi connectivity index (χ4n) is 3.12. The van der Waals surface area contributed by atoms with Gasteiger partial charge in [0.1, 0.15) is 14.0 Å². The monoisotopic (exact) mass is 168 g/mol. The van der Waals surface area contributed by atoms with Crippen molar-refractivity contribution in [2.24, 2.45) is 5.92 Å². The summed E-state index contributed by atoms with van der Waals surface area (Å²) in [4.78, 5) is 0. The van der Waals surface area contributed by atoms with Gasteiger partial charge in [0.2, 0.25) is 0 Å². The van der Waals surface area contributed by atoms with Crippen molar-refractivity contribution in [1.29, 1.82) is 0 Å². The molecule has 12 heavy (non-hydrogen) atoms. The summed E-state index contributed by atoms with van der Waals surface area (Å²) in [5, 5.41) is 20.0. The summed E-state index contributed by atoms with van der Waals surface area (Å²) in [5.41, 5.74) is -1.38. The van der Waals surface area contributed by atoms with Crippen molar-refractivity contribution in [3.8, 4) is 0 Å². The molecule has 0 aromatic heterocycles. The Bertz CT molecular complexity index is 246. The summed E-state index contributed by atoms with van der Waals surface area (Å²) >= 11 is 0. The predicted octanol–water partition coefficient (Wildman–Crippen LogP) is -1.38. The highest BCUT2D eigenvalue weighted by Crippen LogP contribution is 2.63. The molecule has 3 aliphatic rings. The molecule has 0 bridgehead atoms. The Hall–Kier alpha value is -0.0551. The minimum Gasteiger partial charge on any atom is -0.387 e. The van der Waals surface area contributed by atoms with Gasteiger partial charge in [0.05, 0.1) is 11.2 Å². The van der Waals surface area contributed by atoms with E-state index in [9.17, 15) is 10.2 Å². The van der Waals surface area contributed by atoms with Crippen molar-refractivity contribution in [2.75, 3.05) is 0 Å². The highest BCUT2D eigenvalue weighted by molar-refractivity contribution is 6.11. The van der Waals surface area contributed by atoms with Gasteiger partial charge >= 0.3 is 0 Å². The van der Waals surface area contributed by atoms with Crippen molar-refractivity contribution < 1.29 is 14.9 Å². The summed E-state index contributed by atoms with van der Waals surface area (Å²) < 4.78 is 5.55. The molecule has 0 amide bonds. The van der Waals surface area contributed by atoms with Gasteiger partial charge in [0, 0.05) is 6.00 Å². The molecule has 1 aliphatic heterocycles. The fraction of sp³-hybridized carbons (Fsp3) is 1.00. The standard InChI is InChI=1S/C8H13BO3/c9-5-3-7(10)1-4-2-8(4,11)6(7)12-5/h4-6,10-11H,1-3,9H2/t4?,5-,6?,7+,8-/m1/s1. The van der Waals surface area contributed by atoms with Crippen molar-refractivity contribution in [2.45, 2.75) is 42.6 Å². The van der Waals surface area contributed by atoms with E-state index in [-0.39, 0.29) is 12.1 Å². The first-order chi connectivity index (χ1) is 5.55. The quantitative estimate of drug-likeness (QED) is 0.438. The molecule has 1 heterocycles. The second kappa shape index (κ2) is 1.74. The molecule has 2 N–H and O–H groups in total. The summed E-state index contributed by atoms with van der Waals surface area (Å²) in [7, 11) is 1.96. The lowest BCUT2D eigenvalue weighted by molar-refractivity contribution is -0.0873. The molecule has 0 aromatic carbocycles. The zero-order valence-corrected chi connectivity index (χ0v) is 7.16. The van der Waals surface area contributed by atoms with Gasteiger partial charge in [-0.1, -0.05) is 0 Å². The molecule has 3 nitrogen and oxygen atoms in total. The van der Waals surface area contributed by atoms with Crippen molar-refractivity contribution in [1.82, 2.24) is 0 Å². The first-order valence-corrected chi connectivity index (χ1v) is 4.65. The van der Waals surface area contributed by atoms with Gasteiger partial charge in [-0.2, -0.15) is 0 Å². The molecule has 4 heteroatoms. The molecular weight excluding hydrogens is 155 g/mol. The Morgan fingerprint density at radius 3 is 2.67 bits per heavy atom. The zero-order chi connectivity index (χ0) is 8.56. The van der Waals surface area contributed by atoms with Gasteiger partial charge in [-0.15, -0.1) is 0 Å². The Balaban J connectivity index is 1.95. The predicted molar refractivity (Wildman–Crippen MR) is 44.4 cm³/mol. The first kappa shape index (κ1) is 7.36. The second-order valence-electron chi connectivity index (χ2n) is 4.73. The third-order valence-corrected chi connectivity index (χ3v) is 3.67. The van der Waals surface area contributed by atoms with E-state index in [4.69, 9.17) is 4.74 Å². The van der Waals surface area contributed by atoms with E-state index in [1.54, 1.807) is 0 Å². The number of ether oxygens (including phenoxy) is 1. The van der Waals surface area contributed by atoms with Crippen LogP contribution >= 0.6 is 0 Å². The number of fused-ring (bicyclic) bond motifs is 3. The van der Waals surface area contributed by atoms with E-state index in [1.807, 2.05) is 7.85 Å². The normalized spacial score (nSPS) is 67.7. The van der Waals surface area contributed by atoms with Crippen LogP contribution < -0.4 is 0 Å². The van der Waals surface area contributed by atoms with Crippen LogP contribution in [0.4, 0.5) is 0 Å². The molecular formula is C8H13BO3. The van der Waals surface area contributed by atoms with E-state index >= 15 is 0 Å². The highest BCUT2D eigenvalue weighted by Gasteiger charge is 2.74. The summed E-state index contributed by atoms with van der Waals surface area (Å²) in [6, 6.07) is 0.102. The van der Waals surface area contributed by atoms with E-state index in [2.05, 4.69) is 0 Å². The number of hydrogen-bond acceptors (Lipinski definition) is 3. The van der Waals surface area contributed by atoms with E-state index in [0.29, 0.717) is 12.3 Å². The average Bonchev–Trinajstić information content (AvgIpc) is 2.35. The topological polar surface area (TPSA) is 49.7 Å². The van der Waals surface area contributed by atoms with Crippen molar-refractivity contribution >= 4 is 7.85 Å².